The summed E-state index contributed by atoms with van der Waals surface area (Å²) in [4.78, 5) is 15.0. The highest BCUT2D eigenvalue weighted by molar-refractivity contribution is 5.78. The van der Waals surface area contributed by atoms with Crippen LogP contribution in [0.1, 0.15) is 26.7 Å². The number of aromatic nitrogens is 2. The van der Waals surface area contributed by atoms with Crippen LogP contribution in [0.15, 0.2) is 18.7 Å². The van der Waals surface area contributed by atoms with Crippen molar-refractivity contribution < 1.29 is 9.90 Å². The molecular weight excluding hydrogens is 206 g/mol. The fraction of sp³-hybridized carbons (Fsp3) is 0.636. The van der Waals surface area contributed by atoms with E-state index < -0.39 is 11.5 Å². The number of nitrogens with two attached hydrogens (primary N) is 1. The number of imidazole rings is 1. The Morgan fingerprint density at radius 3 is 2.75 bits per heavy atom. The lowest BCUT2D eigenvalue weighted by Gasteiger charge is -2.28. The summed E-state index contributed by atoms with van der Waals surface area (Å²) in [5.74, 6) is -0.999. The lowest BCUT2D eigenvalue weighted by molar-refractivity contribution is -0.145. The minimum Gasteiger partial charge on any atom is -0.480 e. The third-order valence-electron chi connectivity index (χ3n) is 2.99. The van der Waals surface area contributed by atoms with Gasteiger partial charge >= 0.3 is 5.97 Å². The van der Waals surface area contributed by atoms with Gasteiger partial charge in [0.15, 0.2) is 0 Å². The maximum absolute atomic E-state index is 11.1. The van der Waals surface area contributed by atoms with Crippen LogP contribution in [0.5, 0.6) is 0 Å². The molecular formula is C11H19N3O2. The number of hydrogen-bond acceptors (Lipinski definition) is 3. The first-order valence-corrected chi connectivity index (χ1v) is 5.45. The summed E-state index contributed by atoms with van der Waals surface area (Å²) < 4.78 is 1.92. The van der Waals surface area contributed by atoms with Crippen molar-refractivity contribution in [2.45, 2.75) is 38.8 Å². The van der Waals surface area contributed by atoms with Crippen molar-refractivity contribution in [3.63, 3.8) is 0 Å². The van der Waals surface area contributed by atoms with Gasteiger partial charge in [-0.05, 0) is 18.8 Å². The number of nitrogens with zero attached hydrogens (tertiary/aromatic N) is 2. The molecule has 0 saturated heterocycles. The maximum Gasteiger partial charge on any atom is 0.323 e. The normalized spacial score (nSPS) is 15.0. The molecule has 0 fully saturated rings. The fourth-order valence-corrected chi connectivity index (χ4v) is 1.62. The van der Waals surface area contributed by atoms with Gasteiger partial charge in [0.05, 0.1) is 6.33 Å². The molecule has 16 heavy (non-hydrogen) atoms. The number of carboxylic acid groups (broad SMARTS) is 1. The molecule has 0 saturated carbocycles. The largest absolute Gasteiger partial charge is 0.480 e. The number of aliphatic carboxylic acids is 1. The molecule has 5 nitrogen and oxygen atoms in total. The molecule has 1 atom stereocenters. The van der Waals surface area contributed by atoms with Gasteiger partial charge in [-0.2, -0.15) is 0 Å². The average molecular weight is 225 g/mol. The summed E-state index contributed by atoms with van der Waals surface area (Å²) in [7, 11) is 0. The Hall–Kier alpha value is -1.36. The van der Waals surface area contributed by atoms with E-state index in [1.807, 2.05) is 24.6 Å². The predicted molar refractivity (Wildman–Crippen MR) is 60.9 cm³/mol. The Labute approximate surface area is 95.3 Å². The third-order valence-corrected chi connectivity index (χ3v) is 2.99. The molecule has 90 valence electrons. The minimum atomic E-state index is -1.12. The fourth-order valence-electron chi connectivity index (χ4n) is 1.62. The zero-order valence-corrected chi connectivity index (χ0v) is 9.76. The Morgan fingerprint density at radius 2 is 2.31 bits per heavy atom. The van der Waals surface area contributed by atoms with Crippen molar-refractivity contribution in [1.29, 1.82) is 0 Å². The van der Waals surface area contributed by atoms with Crippen LogP contribution in [0.25, 0.3) is 0 Å². The Morgan fingerprint density at radius 1 is 1.62 bits per heavy atom. The van der Waals surface area contributed by atoms with Crippen LogP contribution in [0.3, 0.4) is 0 Å². The molecule has 0 bridgehead atoms. The van der Waals surface area contributed by atoms with Crippen molar-refractivity contribution >= 4 is 5.97 Å². The number of hydrogen-bond donors (Lipinski definition) is 2. The van der Waals surface area contributed by atoms with Gasteiger partial charge in [-0.3, -0.25) is 4.79 Å². The Balaban J connectivity index is 2.48. The smallest absolute Gasteiger partial charge is 0.323 e. The van der Waals surface area contributed by atoms with Crippen LogP contribution in [-0.2, 0) is 11.3 Å². The molecule has 1 unspecified atom stereocenters. The lowest BCUT2D eigenvalue weighted by Crippen LogP contribution is -2.52. The van der Waals surface area contributed by atoms with Crippen LogP contribution in [-0.4, -0.2) is 26.2 Å². The van der Waals surface area contributed by atoms with Crippen LogP contribution in [0.4, 0.5) is 0 Å². The molecule has 0 amide bonds. The van der Waals surface area contributed by atoms with Gasteiger partial charge in [0.2, 0.25) is 0 Å². The molecule has 0 aliphatic heterocycles. The molecule has 5 heteroatoms. The quantitative estimate of drug-likeness (QED) is 0.759. The van der Waals surface area contributed by atoms with E-state index in [0.29, 0.717) is 6.42 Å². The van der Waals surface area contributed by atoms with E-state index in [-0.39, 0.29) is 5.92 Å². The SMILES string of the molecule is CC(C)C(N)(CCCn1ccnc1)C(=O)O. The molecule has 1 aromatic rings. The lowest BCUT2D eigenvalue weighted by atomic mass is 9.83. The molecule has 0 radical (unpaired) electrons. The van der Waals surface area contributed by atoms with Crippen molar-refractivity contribution in [2.75, 3.05) is 0 Å². The highest BCUT2D eigenvalue weighted by atomic mass is 16.4. The summed E-state index contributed by atoms with van der Waals surface area (Å²) in [5.41, 5.74) is 4.77. The number of aryl methyl sites for hydroxylation is 1. The van der Waals surface area contributed by atoms with Crippen molar-refractivity contribution in [2.24, 2.45) is 11.7 Å². The molecule has 1 heterocycles. The predicted octanol–water partition coefficient (Wildman–Crippen LogP) is 1.10. The van der Waals surface area contributed by atoms with E-state index in [1.54, 1.807) is 12.5 Å². The van der Waals surface area contributed by atoms with E-state index in [0.717, 1.165) is 13.0 Å². The number of carboxylic acids is 1. The van der Waals surface area contributed by atoms with E-state index in [2.05, 4.69) is 4.98 Å². The second-order valence-corrected chi connectivity index (χ2v) is 4.40. The van der Waals surface area contributed by atoms with Crippen molar-refractivity contribution in [3.8, 4) is 0 Å². The van der Waals surface area contributed by atoms with E-state index >= 15 is 0 Å². The maximum atomic E-state index is 11.1. The monoisotopic (exact) mass is 225 g/mol. The van der Waals surface area contributed by atoms with Gasteiger partial charge in [0.25, 0.3) is 0 Å². The molecule has 0 aliphatic rings. The first kappa shape index (κ1) is 12.7. The van der Waals surface area contributed by atoms with Crippen molar-refractivity contribution in [1.82, 2.24) is 9.55 Å². The summed E-state index contributed by atoms with van der Waals surface area (Å²) in [6.45, 7) is 4.43. The molecule has 0 aromatic carbocycles. The summed E-state index contributed by atoms with van der Waals surface area (Å²) >= 11 is 0. The van der Waals surface area contributed by atoms with Crippen molar-refractivity contribution in [3.05, 3.63) is 18.7 Å². The summed E-state index contributed by atoms with van der Waals surface area (Å²) in [5, 5.41) is 9.12. The average Bonchev–Trinajstić information content (AvgIpc) is 2.69. The molecule has 1 aromatic heterocycles. The standard InChI is InChI=1S/C11H19N3O2/c1-9(2)11(12,10(15)16)4-3-6-14-7-5-13-8-14/h5,7-9H,3-4,6,12H2,1-2H3,(H,15,16). The summed E-state index contributed by atoms with van der Waals surface area (Å²) in [6, 6.07) is 0. The first-order chi connectivity index (χ1) is 7.47. The van der Waals surface area contributed by atoms with Gasteiger partial charge in [-0.25, -0.2) is 4.98 Å². The van der Waals surface area contributed by atoms with E-state index in [4.69, 9.17) is 10.8 Å². The molecule has 0 aliphatic carbocycles. The zero-order valence-electron chi connectivity index (χ0n) is 9.76. The van der Waals surface area contributed by atoms with Crippen LogP contribution in [0.2, 0.25) is 0 Å². The number of rotatable bonds is 6. The Bertz CT molecular complexity index is 335. The molecule has 1 rings (SSSR count). The minimum absolute atomic E-state index is 0.0761. The second kappa shape index (κ2) is 5.12. The van der Waals surface area contributed by atoms with Gasteiger partial charge < -0.3 is 15.4 Å². The Kier molecular flexibility index (Phi) is 4.06. The molecule has 3 N–H and O–H groups in total. The highest BCUT2D eigenvalue weighted by Gasteiger charge is 2.36. The van der Waals surface area contributed by atoms with E-state index in [1.165, 1.54) is 0 Å². The third kappa shape index (κ3) is 2.82. The topological polar surface area (TPSA) is 81.1 Å². The highest BCUT2D eigenvalue weighted by Crippen LogP contribution is 2.20. The van der Waals surface area contributed by atoms with Gasteiger partial charge in [-0.15, -0.1) is 0 Å². The van der Waals surface area contributed by atoms with Crippen LogP contribution in [0, 0.1) is 5.92 Å². The molecule has 0 spiro atoms. The zero-order chi connectivity index (χ0) is 12.2. The van der Waals surface area contributed by atoms with Crippen LogP contribution >= 0.6 is 0 Å². The summed E-state index contributed by atoms with van der Waals surface area (Å²) in [6.07, 6.45) is 6.48. The van der Waals surface area contributed by atoms with Gasteiger partial charge in [0.1, 0.15) is 5.54 Å². The van der Waals surface area contributed by atoms with E-state index in [9.17, 15) is 4.79 Å². The van der Waals surface area contributed by atoms with Gasteiger partial charge in [0, 0.05) is 18.9 Å². The number of carbonyl (C=O) groups is 1. The van der Waals surface area contributed by atoms with Crippen LogP contribution < -0.4 is 5.73 Å². The van der Waals surface area contributed by atoms with Gasteiger partial charge in [-0.1, -0.05) is 13.8 Å². The second-order valence-electron chi connectivity index (χ2n) is 4.40. The first-order valence-electron chi connectivity index (χ1n) is 5.45.